The van der Waals surface area contributed by atoms with Gasteiger partial charge in [0.15, 0.2) is 0 Å². The highest BCUT2D eigenvalue weighted by atomic mass is 32.2. The number of nitrogens with one attached hydrogen (secondary N) is 2. The predicted octanol–water partition coefficient (Wildman–Crippen LogP) is 5.00. The molecule has 0 aliphatic rings. The van der Waals surface area contributed by atoms with Gasteiger partial charge in [-0.05, 0) is 44.5 Å². The molecule has 0 saturated heterocycles. The lowest BCUT2D eigenvalue weighted by atomic mass is 10.1. The molecule has 7 heteroatoms. The topological polar surface area (TPSA) is 75.6 Å². The van der Waals surface area contributed by atoms with Crippen molar-refractivity contribution in [3.8, 4) is 0 Å². The number of para-hydroxylation sites is 1. The number of aromatic nitrogens is 4. The molecule has 0 aliphatic heterocycles. The molecule has 1 unspecified atom stereocenters. The van der Waals surface area contributed by atoms with Gasteiger partial charge < -0.3 is 9.88 Å². The van der Waals surface area contributed by atoms with Crippen LogP contribution in [0.25, 0.3) is 21.8 Å². The van der Waals surface area contributed by atoms with Crippen molar-refractivity contribution in [1.82, 2.24) is 19.7 Å². The molecular formula is C22H25N5OS. The van der Waals surface area contributed by atoms with Gasteiger partial charge in [0.1, 0.15) is 5.82 Å². The van der Waals surface area contributed by atoms with E-state index in [1.165, 1.54) is 28.2 Å². The van der Waals surface area contributed by atoms with E-state index in [0.29, 0.717) is 5.16 Å². The number of nitrogens with zero attached hydrogens (tertiary/aromatic N) is 3. The fourth-order valence-electron chi connectivity index (χ4n) is 3.61. The highest BCUT2D eigenvalue weighted by molar-refractivity contribution is 8.00. The molecule has 4 rings (SSSR count). The first-order chi connectivity index (χ1) is 14.1. The van der Waals surface area contributed by atoms with Crippen molar-refractivity contribution < 1.29 is 4.79 Å². The van der Waals surface area contributed by atoms with Crippen LogP contribution in [0.2, 0.25) is 0 Å². The number of H-pyrrole nitrogens is 1. The van der Waals surface area contributed by atoms with Crippen LogP contribution in [0.5, 0.6) is 0 Å². The fourth-order valence-corrected chi connectivity index (χ4v) is 4.35. The zero-order valence-electron chi connectivity index (χ0n) is 16.9. The Morgan fingerprint density at radius 3 is 2.76 bits per heavy atom. The fraction of sp³-hybridized carbons (Fsp3) is 0.318. The summed E-state index contributed by atoms with van der Waals surface area (Å²) in [6.45, 7) is 7.02. The number of thioether (sulfide) groups is 1. The van der Waals surface area contributed by atoms with Crippen LogP contribution in [-0.2, 0) is 17.8 Å². The monoisotopic (exact) mass is 407 g/mol. The molecule has 1 amide bonds. The highest BCUT2D eigenvalue weighted by Crippen LogP contribution is 2.31. The van der Waals surface area contributed by atoms with Crippen molar-refractivity contribution in [1.29, 1.82) is 0 Å². The molecule has 4 aromatic rings. The van der Waals surface area contributed by atoms with Gasteiger partial charge in [-0.25, -0.2) is 4.98 Å². The molecule has 150 valence electrons. The van der Waals surface area contributed by atoms with E-state index in [0.717, 1.165) is 36.3 Å². The van der Waals surface area contributed by atoms with Crippen LogP contribution in [-0.4, -0.2) is 30.9 Å². The molecule has 6 nitrogen and oxygen atoms in total. The normalized spacial score (nSPS) is 12.5. The van der Waals surface area contributed by atoms with Crippen LogP contribution in [0.15, 0.2) is 47.6 Å². The Balaban J connectivity index is 1.53. The standard InChI is InChI=1S/C22H25N5OS/c1-4-8-20-24-22(26-25-20)29-14(3)21(28)23-15-11-12-19-17(13-15)16-9-6-7-10-18(16)27(19)5-2/h6-7,9-14H,4-5,8H2,1-3H3,(H,23,28)(H,24,25,26). The summed E-state index contributed by atoms with van der Waals surface area (Å²) in [5.41, 5.74) is 3.19. The summed E-state index contributed by atoms with van der Waals surface area (Å²) in [4.78, 5) is 17.1. The summed E-state index contributed by atoms with van der Waals surface area (Å²) in [7, 11) is 0. The van der Waals surface area contributed by atoms with Gasteiger partial charge in [-0.3, -0.25) is 9.89 Å². The maximum Gasteiger partial charge on any atom is 0.237 e. The molecule has 2 heterocycles. The molecule has 0 spiro atoms. The van der Waals surface area contributed by atoms with Crippen LogP contribution in [0.3, 0.4) is 0 Å². The van der Waals surface area contributed by atoms with E-state index in [-0.39, 0.29) is 11.2 Å². The average Bonchev–Trinajstić information content (AvgIpc) is 3.29. The van der Waals surface area contributed by atoms with Crippen LogP contribution in [0.4, 0.5) is 5.69 Å². The molecule has 0 radical (unpaired) electrons. The van der Waals surface area contributed by atoms with Gasteiger partial charge in [-0.15, -0.1) is 5.10 Å². The van der Waals surface area contributed by atoms with E-state index in [2.05, 4.69) is 75.3 Å². The lowest BCUT2D eigenvalue weighted by molar-refractivity contribution is -0.115. The Morgan fingerprint density at radius 1 is 1.17 bits per heavy atom. The lowest BCUT2D eigenvalue weighted by Gasteiger charge is -2.10. The van der Waals surface area contributed by atoms with Crippen molar-refractivity contribution in [3.63, 3.8) is 0 Å². The first-order valence-electron chi connectivity index (χ1n) is 10.0. The molecule has 2 N–H and O–H groups in total. The minimum absolute atomic E-state index is 0.0598. The van der Waals surface area contributed by atoms with Crippen LogP contribution in [0, 0.1) is 0 Å². The molecule has 0 aliphatic carbocycles. The Labute approximate surface area is 174 Å². The second-order valence-corrected chi connectivity index (χ2v) is 8.37. The van der Waals surface area contributed by atoms with Crippen LogP contribution >= 0.6 is 11.8 Å². The number of benzene rings is 2. The Hall–Kier alpha value is -2.80. The van der Waals surface area contributed by atoms with Gasteiger partial charge in [0.25, 0.3) is 0 Å². The van der Waals surface area contributed by atoms with E-state index in [4.69, 9.17) is 0 Å². The van der Waals surface area contributed by atoms with Gasteiger partial charge in [-0.2, -0.15) is 0 Å². The molecule has 0 bridgehead atoms. The summed E-state index contributed by atoms with van der Waals surface area (Å²) in [5.74, 6) is 0.802. The largest absolute Gasteiger partial charge is 0.341 e. The molecule has 2 aromatic heterocycles. The van der Waals surface area contributed by atoms with Crippen LogP contribution in [0.1, 0.15) is 33.0 Å². The number of fused-ring (bicyclic) bond motifs is 3. The lowest BCUT2D eigenvalue weighted by Crippen LogP contribution is -2.22. The SMILES string of the molecule is CCCc1nc(SC(C)C(=O)Nc2ccc3c(c2)c2ccccc2n3CC)n[nH]1. The Bertz CT molecular complexity index is 1160. The molecule has 0 saturated carbocycles. The maximum atomic E-state index is 12.7. The third-order valence-corrected chi connectivity index (χ3v) is 5.97. The summed E-state index contributed by atoms with van der Waals surface area (Å²) in [5, 5.41) is 12.8. The van der Waals surface area contributed by atoms with Crippen molar-refractivity contribution in [2.24, 2.45) is 0 Å². The summed E-state index contributed by atoms with van der Waals surface area (Å²) in [6, 6.07) is 14.5. The molecule has 0 fully saturated rings. The molecule has 29 heavy (non-hydrogen) atoms. The predicted molar refractivity (Wildman–Crippen MR) is 119 cm³/mol. The number of rotatable bonds is 7. The van der Waals surface area contributed by atoms with Crippen LogP contribution < -0.4 is 5.32 Å². The van der Waals surface area contributed by atoms with Gasteiger partial charge in [0.2, 0.25) is 11.1 Å². The van der Waals surface area contributed by atoms with Crippen molar-refractivity contribution in [3.05, 3.63) is 48.3 Å². The quantitative estimate of drug-likeness (QED) is 0.423. The number of hydrogen-bond donors (Lipinski definition) is 2. The number of aryl methyl sites for hydroxylation is 2. The number of carbonyl (C=O) groups excluding carboxylic acids is 1. The smallest absolute Gasteiger partial charge is 0.237 e. The molecule has 1 atom stereocenters. The van der Waals surface area contributed by atoms with E-state index >= 15 is 0 Å². The highest BCUT2D eigenvalue weighted by Gasteiger charge is 2.18. The summed E-state index contributed by atoms with van der Waals surface area (Å²) >= 11 is 1.36. The number of amides is 1. The number of aromatic amines is 1. The van der Waals surface area contributed by atoms with Gasteiger partial charge >= 0.3 is 0 Å². The second kappa shape index (κ2) is 8.29. The van der Waals surface area contributed by atoms with Gasteiger partial charge in [0, 0.05) is 40.5 Å². The Morgan fingerprint density at radius 2 is 1.97 bits per heavy atom. The van der Waals surface area contributed by atoms with Gasteiger partial charge in [-0.1, -0.05) is 36.9 Å². The van der Waals surface area contributed by atoms with Crippen molar-refractivity contribution >= 4 is 45.2 Å². The summed E-state index contributed by atoms with van der Waals surface area (Å²) < 4.78 is 2.30. The van der Waals surface area contributed by atoms with Gasteiger partial charge in [0.05, 0.1) is 5.25 Å². The first kappa shape index (κ1) is 19.5. The second-order valence-electron chi connectivity index (χ2n) is 7.06. The minimum Gasteiger partial charge on any atom is -0.341 e. The Kier molecular flexibility index (Phi) is 5.58. The minimum atomic E-state index is -0.298. The zero-order valence-corrected chi connectivity index (χ0v) is 17.7. The zero-order chi connectivity index (χ0) is 20.4. The van der Waals surface area contributed by atoms with E-state index in [1.54, 1.807) is 0 Å². The van der Waals surface area contributed by atoms with E-state index in [1.807, 2.05) is 13.0 Å². The first-order valence-corrected chi connectivity index (χ1v) is 10.9. The molecular weight excluding hydrogens is 382 g/mol. The average molecular weight is 408 g/mol. The number of hydrogen-bond acceptors (Lipinski definition) is 4. The molecule has 2 aromatic carbocycles. The third-order valence-electron chi connectivity index (χ3n) is 5.01. The number of anilines is 1. The maximum absolute atomic E-state index is 12.7. The van der Waals surface area contributed by atoms with Crippen molar-refractivity contribution in [2.45, 2.75) is 50.6 Å². The third kappa shape index (κ3) is 3.87. The van der Waals surface area contributed by atoms with E-state index < -0.39 is 0 Å². The van der Waals surface area contributed by atoms with E-state index in [9.17, 15) is 4.79 Å². The summed E-state index contributed by atoms with van der Waals surface area (Å²) in [6.07, 6.45) is 1.87. The van der Waals surface area contributed by atoms with Crippen molar-refractivity contribution in [2.75, 3.05) is 5.32 Å². The number of carbonyl (C=O) groups is 1.